The molecule has 0 saturated heterocycles. The quantitative estimate of drug-likeness (QED) is 0.360. The van der Waals surface area contributed by atoms with E-state index in [9.17, 15) is 22.7 Å². The van der Waals surface area contributed by atoms with Gasteiger partial charge in [0.15, 0.2) is 0 Å². The zero-order valence-electron chi connectivity index (χ0n) is 17.4. The number of carbonyl (C=O) groups is 1. The van der Waals surface area contributed by atoms with Crippen molar-refractivity contribution in [1.82, 2.24) is 0 Å². The van der Waals surface area contributed by atoms with E-state index in [0.717, 1.165) is 49.9 Å². The van der Waals surface area contributed by atoms with Crippen LogP contribution < -0.4 is 15.4 Å². The van der Waals surface area contributed by atoms with Crippen LogP contribution >= 0.6 is 0 Å². The fourth-order valence-electron chi connectivity index (χ4n) is 3.79. The van der Waals surface area contributed by atoms with E-state index in [0.29, 0.717) is 17.8 Å². The Morgan fingerprint density at radius 1 is 1.03 bits per heavy atom. The first-order valence-corrected chi connectivity index (χ1v) is 11.9. The van der Waals surface area contributed by atoms with Crippen LogP contribution in [0.1, 0.15) is 51.9 Å². The highest BCUT2D eigenvalue weighted by Gasteiger charge is 2.38. The number of hydrogen-bond acceptors (Lipinski definition) is 5. The van der Waals surface area contributed by atoms with Gasteiger partial charge in [0.1, 0.15) is 11.5 Å². The average Bonchev–Trinajstić information content (AvgIpc) is 3.04. The predicted molar refractivity (Wildman–Crippen MR) is 119 cm³/mol. The molecule has 31 heavy (non-hydrogen) atoms. The Bertz CT molecular complexity index is 1030. The van der Waals surface area contributed by atoms with Gasteiger partial charge in [0.25, 0.3) is 10.0 Å². The first-order chi connectivity index (χ1) is 14.7. The van der Waals surface area contributed by atoms with E-state index < -0.39 is 27.5 Å². The minimum Gasteiger partial charge on any atom is -0.481 e. The van der Waals surface area contributed by atoms with Crippen LogP contribution in [0.5, 0.6) is 0 Å². The molecule has 9 heteroatoms. The number of sulfonamides is 1. The first-order valence-electron chi connectivity index (χ1n) is 10.4. The Morgan fingerprint density at radius 2 is 1.71 bits per heavy atom. The molecule has 1 unspecified atom stereocenters. The molecule has 168 valence electrons. The third-order valence-corrected chi connectivity index (χ3v) is 6.70. The van der Waals surface area contributed by atoms with E-state index in [1.54, 1.807) is 18.2 Å². The van der Waals surface area contributed by atoms with Gasteiger partial charge in [-0.3, -0.25) is 9.52 Å². The average molecular weight is 450 g/mol. The maximum Gasteiger partial charge on any atom is 0.307 e. The van der Waals surface area contributed by atoms with Crippen LogP contribution in [0, 0.1) is 5.82 Å². The van der Waals surface area contributed by atoms with E-state index in [1.807, 2.05) is 0 Å². The smallest absolute Gasteiger partial charge is 0.307 e. The number of benzene rings is 2. The summed E-state index contributed by atoms with van der Waals surface area (Å²) in [6, 6.07) is 9.51. The summed E-state index contributed by atoms with van der Waals surface area (Å²) < 4.78 is 40.7. The molecule has 0 saturated carbocycles. The summed E-state index contributed by atoms with van der Waals surface area (Å²) in [5.41, 5.74) is 0.870. The van der Waals surface area contributed by atoms with Gasteiger partial charge in [0, 0.05) is 0 Å². The van der Waals surface area contributed by atoms with Crippen molar-refractivity contribution in [3.05, 3.63) is 48.3 Å². The summed E-state index contributed by atoms with van der Waals surface area (Å²) >= 11 is 0. The van der Waals surface area contributed by atoms with Gasteiger partial charge in [0.05, 0.1) is 28.4 Å². The van der Waals surface area contributed by atoms with Gasteiger partial charge in [-0.25, -0.2) is 12.8 Å². The highest BCUT2D eigenvalue weighted by Crippen LogP contribution is 2.40. The molecule has 0 fully saturated rings. The molecule has 0 bridgehead atoms. The fourth-order valence-corrected chi connectivity index (χ4v) is 4.83. The lowest BCUT2D eigenvalue weighted by Crippen LogP contribution is -2.43. The van der Waals surface area contributed by atoms with Crippen LogP contribution in [-0.4, -0.2) is 25.2 Å². The molecule has 0 amide bonds. The van der Waals surface area contributed by atoms with E-state index in [4.69, 9.17) is 0 Å². The SMILES string of the molecule is CCCCCCCC1(CC(=O)O)Nc2ccc(NS(=O)(=O)c3ccc(F)cc3)cc2N1. The van der Waals surface area contributed by atoms with Crippen molar-refractivity contribution < 1.29 is 22.7 Å². The lowest BCUT2D eigenvalue weighted by atomic mass is 9.98. The Morgan fingerprint density at radius 3 is 2.39 bits per heavy atom. The summed E-state index contributed by atoms with van der Waals surface area (Å²) in [6.45, 7) is 2.14. The standard InChI is InChI=1S/C22H28FN3O4S/c1-2-3-4-5-6-13-22(15-21(27)28)24-19-12-9-17(14-20(19)25-22)26-31(29,30)18-10-7-16(23)8-11-18/h7-12,14,24-26H,2-6,13,15H2,1H3,(H,27,28). The largest absolute Gasteiger partial charge is 0.481 e. The lowest BCUT2D eigenvalue weighted by molar-refractivity contribution is -0.138. The summed E-state index contributed by atoms with van der Waals surface area (Å²) in [6.07, 6.45) is 5.84. The van der Waals surface area contributed by atoms with Crippen molar-refractivity contribution in [3.8, 4) is 0 Å². The summed E-state index contributed by atoms with van der Waals surface area (Å²) in [5, 5.41) is 16.0. The van der Waals surface area contributed by atoms with Crippen LogP contribution in [0.4, 0.5) is 21.5 Å². The molecule has 0 spiro atoms. The van der Waals surface area contributed by atoms with Crippen LogP contribution in [0.25, 0.3) is 0 Å². The molecule has 1 heterocycles. The van der Waals surface area contributed by atoms with Gasteiger partial charge in [-0.15, -0.1) is 0 Å². The van der Waals surface area contributed by atoms with E-state index in [1.165, 1.54) is 12.1 Å². The third kappa shape index (κ3) is 5.88. The number of unbranched alkanes of at least 4 members (excludes halogenated alkanes) is 4. The van der Waals surface area contributed by atoms with Crippen molar-refractivity contribution in [2.24, 2.45) is 0 Å². The molecular weight excluding hydrogens is 421 g/mol. The molecule has 2 aromatic carbocycles. The van der Waals surface area contributed by atoms with Crippen LogP contribution in [-0.2, 0) is 14.8 Å². The molecule has 1 aliphatic heterocycles. The monoisotopic (exact) mass is 449 g/mol. The Kier molecular flexibility index (Phi) is 7.04. The predicted octanol–water partition coefficient (Wildman–Crippen LogP) is 5.00. The molecule has 3 rings (SSSR count). The Hall–Kier alpha value is -2.81. The van der Waals surface area contributed by atoms with Crippen LogP contribution in [0.3, 0.4) is 0 Å². The molecule has 0 radical (unpaired) electrons. The number of fused-ring (bicyclic) bond motifs is 1. The molecule has 1 aliphatic rings. The maximum absolute atomic E-state index is 13.1. The zero-order chi connectivity index (χ0) is 22.5. The van der Waals surface area contributed by atoms with Gasteiger partial charge in [-0.1, -0.05) is 32.6 Å². The lowest BCUT2D eigenvalue weighted by Gasteiger charge is -2.29. The molecule has 2 aromatic rings. The van der Waals surface area contributed by atoms with Crippen LogP contribution in [0.15, 0.2) is 47.4 Å². The van der Waals surface area contributed by atoms with Crippen molar-refractivity contribution in [2.75, 3.05) is 15.4 Å². The summed E-state index contributed by atoms with van der Waals surface area (Å²) in [5.74, 6) is -1.44. The number of aliphatic carboxylic acids is 1. The molecular formula is C22H28FN3O4S. The Labute approximate surface area is 182 Å². The second kappa shape index (κ2) is 9.55. The van der Waals surface area contributed by atoms with E-state index in [2.05, 4.69) is 22.3 Å². The molecule has 4 N–H and O–H groups in total. The van der Waals surface area contributed by atoms with Crippen molar-refractivity contribution >= 4 is 33.1 Å². The third-order valence-electron chi connectivity index (χ3n) is 5.30. The van der Waals surface area contributed by atoms with Gasteiger partial charge in [-0.2, -0.15) is 0 Å². The summed E-state index contributed by atoms with van der Waals surface area (Å²) in [7, 11) is -3.88. The number of halogens is 1. The molecule has 7 nitrogen and oxygen atoms in total. The topological polar surface area (TPSA) is 108 Å². The molecule has 0 aromatic heterocycles. The molecule has 1 atom stereocenters. The van der Waals surface area contributed by atoms with E-state index in [-0.39, 0.29) is 11.3 Å². The number of carboxylic acids is 1. The minimum absolute atomic E-state index is 0.0483. The number of carboxylic acid groups (broad SMARTS) is 1. The molecule has 0 aliphatic carbocycles. The van der Waals surface area contributed by atoms with Gasteiger partial charge in [0.2, 0.25) is 0 Å². The summed E-state index contributed by atoms with van der Waals surface area (Å²) in [4.78, 5) is 11.4. The minimum atomic E-state index is -3.88. The Balaban J connectivity index is 1.73. The first kappa shape index (κ1) is 22.9. The normalized spacial score (nSPS) is 17.5. The number of hydrogen-bond donors (Lipinski definition) is 4. The second-order valence-corrected chi connectivity index (χ2v) is 9.57. The maximum atomic E-state index is 13.1. The zero-order valence-corrected chi connectivity index (χ0v) is 18.3. The van der Waals surface area contributed by atoms with Crippen molar-refractivity contribution in [1.29, 1.82) is 0 Å². The fraction of sp³-hybridized carbons (Fsp3) is 0.409. The van der Waals surface area contributed by atoms with Gasteiger partial charge < -0.3 is 15.7 Å². The van der Waals surface area contributed by atoms with Crippen LogP contribution in [0.2, 0.25) is 0 Å². The number of anilines is 3. The number of nitrogens with one attached hydrogen (secondary N) is 3. The highest BCUT2D eigenvalue weighted by atomic mass is 32.2. The number of rotatable bonds is 11. The van der Waals surface area contributed by atoms with Gasteiger partial charge >= 0.3 is 5.97 Å². The van der Waals surface area contributed by atoms with E-state index >= 15 is 0 Å². The highest BCUT2D eigenvalue weighted by molar-refractivity contribution is 7.92. The second-order valence-electron chi connectivity index (χ2n) is 7.89. The van der Waals surface area contributed by atoms with Crippen molar-refractivity contribution in [3.63, 3.8) is 0 Å². The van der Waals surface area contributed by atoms with Crippen molar-refractivity contribution in [2.45, 2.75) is 62.4 Å². The van der Waals surface area contributed by atoms with Gasteiger partial charge in [-0.05, 0) is 55.3 Å².